The Balaban J connectivity index is 1.84. The Hall–Kier alpha value is -2.57. The number of alkyl carbamates (subject to hydrolysis) is 1. The van der Waals surface area contributed by atoms with Gasteiger partial charge in [-0.15, -0.1) is 0 Å². The third-order valence-electron chi connectivity index (χ3n) is 3.11. The number of β-lactam (4-membered cyclic amide) rings is 1. The van der Waals surface area contributed by atoms with Crippen molar-refractivity contribution in [2.45, 2.75) is 18.7 Å². The Morgan fingerprint density at radius 3 is 2.52 bits per heavy atom. The van der Waals surface area contributed by atoms with Gasteiger partial charge in [0, 0.05) is 14.1 Å². The summed E-state index contributed by atoms with van der Waals surface area (Å²) in [6, 6.07) is 7.55. The van der Waals surface area contributed by atoms with Crippen LogP contribution in [0.3, 0.4) is 0 Å². The number of rotatable bonds is 4. The number of amides is 3. The van der Waals surface area contributed by atoms with Gasteiger partial charge in [0.25, 0.3) is 0 Å². The first-order valence-electron chi connectivity index (χ1n) is 6.48. The summed E-state index contributed by atoms with van der Waals surface area (Å²) < 4.78 is 5.02. The highest BCUT2D eigenvalue weighted by Crippen LogP contribution is 2.09. The quantitative estimate of drug-likeness (QED) is 0.756. The van der Waals surface area contributed by atoms with Crippen LogP contribution in [0, 0.1) is 0 Å². The van der Waals surface area contributed by atoms with Crippen molar-refractivity contribution < 1.29 is 19.1 Å². The van der Waals surface area contributed by atoms with Gasteiger partial charge in [-0.05, 0) is 5.56 Å². The molecule has 2 N–H and O–H groups in total. The van der Waals surface area contributed by atoms with Gasteiger partial charge in [-0.25, -0.2) is 4.79 Å². The van der Waals surface area contributed by atoms with E-state index in [1.807, 2.05) is 30.3 Å². The molecule has 1 aliphatic heterocycles. The standard InChI is InChI=1S/C14H17N3O4/c1-17(2)13(19)11-10(12(18)15-11)16-14(20)21-8-9-6-4-3-5-7-9/h3-7,10-11H,8H2,1-2H3,(H,15,18)(H,16,20)/t10-,11-/m1/s1. The van der Waals surface area contributed by atoms with Crippen molar-refractivity contribution in [1.29, 1.82) is 0 Å². The summed E-state index contributed by atoms with van der Waals surface area (Å²) in [4.78, 5) is 36.2. The molecule has 1 aliphatic rings. The van der Waals surface area contributed by atoms with E-state index in [2.05, 4.69) is 10.6 Å². The van der Waals surface area contributed by atoms with Gasteiger partial charge in [-0.3, -0.25) is 9.59 Å². The Morgan fingerprint density at radius 2 is 1.95 bits per heavy atom. The largest absolute Gasteiger partial charge is 0.445 e. The van der Waals surface area contributed by atoms with Crippen molar-refractivity contribution in [1.82, 2.24) is 15.5 Å². The van der Waals surface area contributed by atoms with Gasteiger partial charge in [0.2, 0.25) is 11.8 Å². The molecule has 1 aromatic carbocycles. The van der Waals surface area contributed by atoms with Crippen molar-refractivity contribution in [2.24, 2.45) is 0 Å². The lowest BCUT2D eigenvalue weighted by Crippen LogP contribution is -2.73. The third kappa shape index (κ3) is 3.50. The van der Waals surface area contributed by atoms with Crippen LogP contribution in [0.4, 0.5) is 4.79 Å². The lowest BCUT2D eigenvalue weighted by molar-refractivity contribution is -0.144. The molecule has 0 radical (unpaired) electrons. The topological polar surface area (TPSA) is 87.7 Å². The van der Waals surface area contributed by atoms with Crippen LogP contribution in [0.5, 0.6) is 0 Å². The SMILES string of the molecule is CN(C)C(=O)[C@@H]1NC(=O)[C@@H]1NC(=O)OCc1ccccc1. The predicted molar refractivity (Wildman–Crippen MR) is 74.2 cm³/mol. The number of likely N-dealkylation sites (N-methyl/N-ethyl adjacent to an activating group) is 1. The number of carbonyl (C=O) groups excluding carboxylic acids is 3. The fourth-order valence-electron chi connectivity index (χ4n) is 1.90. The average Bonchev–Trinajstić information content (AvgIpc) is 2.48. The number of benzene rings is 1. The summed E-state index contributed by atoms with van der Waals surface area (Å²) in [6.45, 7) is 0.104. The highest BCUT2D eigenvalue weighted by molar-refractivity contribution is 6.03. The van der Waals surface area contributed by atoms with E-state index in [1.54, 1.807) is 14.1 Å². The highest BCUT2D eigenvalue weighted by Gasteiger charge is 2.45. The molecule has 112 valence electrons. The first-order chi connectivity index (χ1) is 9.99. The van der Waals surface area contributed by atoms with Crippen LogP contribution < -0.4 is 10.6 Å². The van der Waals surface area contributed by atoms with Gasteiger partial charge in [0.15, 0.2) is 0 Å². The molecule has 0 unspecified atom stereocenters. The number of carbonyl (C=O) groups is 3. The summed E-state index contributed by atoms with van der Waals surface area (Å²) >= 11 is 0. The number of ether oxygens (including phenoxy) is 1. The zero-order chi connectivity index (χ0) is 15.4. The van der Waals surface area contributed by atoms with E-state index in [1.165, 1.54) is 4.90 Å². The zero-order valence-corrected chi connectivity index (χ0v) is 11.8. The van der Waals surface area contributed by atoms with Crippen LogP contribution in [0.2, 0.25) is 0 Å². The molecule has 3 amide bonds. The summed E-state index contributed by atoms with van der Waals surface area (Å²) in [5.74, 6) is -0.671. The van der Waals surface area contributed by atoms with Gasteiger partial charge < -0.3 is 20.3 Å². The maximum absolute atomic E-state index is 11.8. The van der Waals surface area contributed by atoms with Gasteiger partial charge in [-0.2, -0.15) is 0 Å². The molecule has 0 saturated carbocycles. The third-order valence-corrected chi connectivity index (χ3v) is 3.11. The van der Waals surface area contributed by atoms with E-state index in [4.69, 9.17) is 4.74 Å². The van der Waals surface area contributed by atoms with Crippen molar-refractivity contribution in [3.8, 4) is 0 Å². The molecule has 1 heterocycles. The molecule has 2 atom stereocenters. The maximum Gasteiger partial charge on any atom is 0.408 e. The minimum atomic E-state index is -0.886. The molecule has 1 aromatic rings. The van der Waals surface area contributed by atoms with Crippen molar-refractivity contribution in [2.75, 3.05) is 14.1 Å². The van der Waals surface area contributed by atoms with Gasteiger partial charge >= 0.3 is 6.09 Å². The lowest BCUT2D eigenvalue weighted by atomic mass is 9.98. The van der Waals surface area contributed by atoms with Crippen LogP contribution in [0.25, 0.3) is 0 Å². The monoisotopic (exact) mass is 291 g/mol. The summed E-state index contributed by atoms with van der Waals surface area (Å²) in [6.07, 6.45) is -0.727. The zero-order valence-electron chi connectivity index (χ0n) is 11.8. The average molecular weight is 291 g/mol. The Kier molecular flexibility index (Phi) is 4.42. The van der Waals surface area contributed by atoms with Gasteiger partial charge in [0.1, 0.15) is 18.7 Å². The molecule has 1 saturated heterocycles. The molecular weight excluding hydrogens is 274 g/mol. The van der Waals surface area contributed by atoms with E-state index >= 15 is 0 Å². The first kappa shape index (κ1) is 14.8. The molecule has 1 fully saturated rings. The van der Waals surface area contributed by atoms with Crippen molar-refractivity contribution in [3.05, 3.63) is 35.9 Å². The van der Waals surface area contributed by atoms with Crippen LogP contribution in [0.15, 0.2) is 30.3 Å². The Morgan fingerprint density at radius 1 is 1.29 bits per heavy atom. The highest BCUT2D eigenvalue weighted by atomic mass is 16.5. The van der Waals surface area contributed by atoms with Crippen molar-refractivity contribution in [3.63, 3.8) is 0 Å². The minimum Gasteiger partial charge on any atom is -0.445 e. The van der Waals surface area contributed by atoms with Crippen molar-refractivity contribution >= 4 is 17.9 Å². The summed E-state index contributed by atoms with van der Waals surface area (Å²) in [5.41, 5.74) is 0.839. The first-order valence-corrected chi connectivity index (χ1v) is 6.48. The summed E-state index contributed by atoms with van der Waals surface area (Å²) in [5, 5.41) is 4.85. The van der Waals surface area contributed by atoms with E-state index < -0.39 is 24.1 Å². The second-order valence-electron chi connectivity index (χ2n) is 4.90. The van der Waals surface area contributed by atoms with E-state index in [9.17, 15) is 14.4 Å². The Bertz CT molecular complexity index is 544. The lowest BCUT2D eigenvalue weighted by Gasteiger charge is -2.36. The maximum atomic E-state index is 11.8. The normalized spacial score (nSPS) is 20.0. The van der Waals surface area contributed by atoms with E-state index in [0.29, 0.717) is 0 Å². The van der Waals surface area contributed by atoms with Gasteiger partial charge in [0.05, 0.1) is 0 Å². The van der Waals surface area contributed by atoms with Gasteiger partial charge in [-0.1, -0.05) is 30.3 Å². The van der Waals surface area contributed by atoms with E-state index in [0.717, 1.165) is 5.56 Å². The molecule has 7 nitrogen and oxygen atoms in total. The second kappa shape index (κ2) is 6.25. The van der Waals surface area contributed by atoms with Crippen LogP contribution >= 0.6 is 0 Å². The van der Waals surface area contributed by atoms with Crippen LogP contribution in [-0.4, -0.2) is 49.0 Å². The number of hydrogen-bond donors (Lipinski definition) is 2. The fourth-order valence-corrected chi connectivity index (χ4v) is 1.90. The number of nitrogens with zero attached hydrogens (tertiary/aromatic N) is 1. The molecule has 7 heteroatoms. The molecular formula is C14H17N3O4. The smallest absolute Gasteiger partial charge is 0.408 e. The van der Waals surface area contributed by atoms with E-state index in [-0.39, 0.29) is 12.5 Å². The Labute approximate surface area is 122 Å². The molecule has 0 bridgehead atoms. The molecule has 0 aliphatic carbocycles. The minimum absolute atomic E-state index is 0.104. The predicted octanol–water partition coefficient (Wildman–Crippen LogP) is -0.132. The summed E-state index contributed by atoms with van der Waals surface area (Å²) in [7, 11) is 3.16. The van der Waals surface area contributed by atoms with Crippen LogP contribution in [0.1, 0.15) is 5.56 Å². The molecule has 2 rings (SSSR count). The van der Waals surface area contributed by atoms with Crippen LogP contribution in [-0.2, 0) is 20.9 Å². The second-order valence-corrected chi connectivity index (χ2v) is 4.90. The number of nitrogens with one attached hydrogen (secondary N) is 2. The number of hydrogen-bond acceptors (Lipinski definition) is 4. The molecule has 21 heavy (non-hydrogen) atoms. The fraction of sp³-hybridized carbons (Fsp3) is 0.357. The molecule has 0 aromatic heterocycles. The molecule has 0 spiro atoms.